The van der Waals surface area contributed by atoms with E-state index >= 15 is 0 Å². The Balaban J connectivity index is 1.93. The first kappa shape index (κ1) is 25.1. The van der Waals surface area contributed by atoms with Crippen LogP contribution in [0, 0.1) is 6.92 Å². The third-order valence-corrected chi connectivity index (χ3v) is 6.56. The number of nitrogens with zero attached hydrogens (tertiary/aromatic N) is 4. The van der Waals surface area contributed by atoms with Gasteiger partial charge in [0.1, 0.15) is 5.84 Å². The molecule has 0 aliphatic carbocycles. The van der Waals surface area contributed by atoms with Crippen LogP contribution in [0.1, 0.15) is 49.8 Å². The van der Waals surface area contributed by atoms with E-state index in [4.69, 9.17) is 4.99 Å². The summed E-state index contributed by atoms with van der Waals surface area (Å²) in [5, 5.41) is 0. The molecule has 0 N–H and O–H groups in total. The van der Waals surface area contributed by atoms with Crippen molar-refractivity contribution in [2.45, 2.75) is 52.5 Å². The molecule has 0 aromatic heterocycles. The highest BCUT2D eigenvalue weighted by Gasteiger charge is 2.28. The van der Waals surface area contributed by atoms with Crippen LogP contribution < -0.4 is 0 Å². The number of hydrogen-bond donors (Lipinski definition) is 0. The maximum absolute atomic E-state index is 12.0. The third kappa shape index (κ3) is 6.99. The monoisotopic (exact) mass is 448 g/mol. The summed E-state index contributed by atoms with van der Waals surface area (Å²) in [4.78, 5) is 23.9. The number of carbonyl (C=O) groups is 1. The van der Waals surface area contributed by atoms with Gasteiger partial charge in [-0.05, 0) is 69.5 Å². The normalized spacial score (nSPS) is 16.9. The van der Waals surface area contributed by atoms with Gasteiger partial charge in [-0.3, -0.25) is 9.69 Å². The molecule has 2 aromatic carbocycles. The number of rotatable bonds is 9. The molecule has 178 valence electrons. The Morgan fingerprint density at radius 1 is 1.06 bits per heavy atom. The second kappa shape index (κ2) is 12.7. The van der Waals surface area contributed by atoms with Gasteiger partial charge in [-0.15, -0.1) is 0 Å². The Kier molecular flexibility index (Phi) is 9.64. The average Bonchev–Trinajstić information content (AvgIpc) is 3.04. The van der Waals surface area contributed by atoms with E-state index in [1.54, 1.807) is 4.90 Å². The number of amidine groups is 1. The standard InChI is InChI=1S/C28H40N4O/c1-5-11-27(32-17-10-16-30(4)18-19-32)28(31(6-2)22-33)29-26-15-14-25(20-23(26)3)21-24-12-8-7-9-13-24/h7-9,12-15,20,22,27H,5-6,10-11,16-19,21H2,1-4H3/b29-28-. The maximum atomic E-state index is 12.0. The molecule has 0 bridgehead atoms. The van der Waals surface area contributed by atoms with Crippen LogP contribution in [0.25, 0.3) is 0 Å². The van der Waals surface area contributed by atoms with Gasteiger partial charge in [-0.2, -0.15) is 0 Å². The number of aryl methyl sites for hydroxylation is 1. The van der Waals surface area contributed by atoms with Gasteiger partial charge in [0.05, 0.1) is 11.7 Å². The predicted molar refractivity (Wildman–Crippen MR) is 138 cm³/mol. The van der Waals surface area contributed by atoms with Crippen LogP contribution in [0.2, 0.25) is 0 Å². The van der Waals surface area contributed by atoms with E-state index in [0.29, 0.717) is 6.54 Å². The van der Waals surface area contributed by atoms with Crippen molar-refractivity contribution in [3.8, 4) is 0 Å². The summed E-state index contributed by atoms with van der Waals surface area (Å²) in [6.07, 6.45) is 5.06. The Bertz CT molecular complexity index is 911. The van der Waals surface area contributed by atoms with E-state index in [1.807, 2.05) is 6.92 Å². The molecule has 1 aliphatic heterocycles. The highest BCUT2D eigenvalue weighted by Crippen LogP contribution is 2.24. The molecule has 0 saturated carbocycles. The molecular weight excluding hydrogens is 408 g/mol. The maximum Gasteiger partial charge on any atom is 0.215 e. The van der Waals surface area contributed by atoms with Crippen molar-refractivity contribution in [1.82, 2.24) is 14.7 Å². The van der Waals surface area contributed by atoms with E-state index in [9.17, 15) is 4.79 Å². The van der Waals surface area contributed by atoms with Gasteiger partial charge in [-0.1, -0.05) is 55.8 Å². The zero-order valence-corrected chi connectivity index (χ0v) is 20.8. The number of benzene rings is 2. The van der Waals surface area contributed by atoms with Gasteiger partial charge in [-0.25, -0.2) is 4.99 Å². The van der Waals surface area contributed by atoms with E-state index < -0.39 is 0 Å². The number of likely N-dealkylation sites (N-methyl/N-ethyl adjacent to an activating group) is 2. The van der Waals surface area contributed by atoms with Crippen LogP contribution in [0.4, 0.5) is 5.69 Å². The molecule has 5 nitrogen and oxygen atoms in total. The lowest BCUT2D eigenvalue weighted by Crippen LogP contribution is -2.49. The first-order valence-electron chi connectivity index (χ1n) is 12.4. The van der Waals surface area contributed by atoms with Crippen LogP contribution in [0.3, 0.4) is 0 Å². The van der Waals surface area contributed by atoms with Gasteiger partial charge in [0, 0.05) is 26.2 Å². The molecule has 1 amide bonds. The quantitative estimate of drug-likeness (QED) is 0.311. The van der Waals surface area contributed by atoms with E-state index in [-0.39, 0.29) is 6.04 Å². The molecular formula is C28H40N4O. The largest absolute Gasteiger partial charge is 0.305 e. The van der Waals surface area contributed by atoms with Crippen LogP contribution >= 0.6 is 0 Å². The van der Waals surface area contributed by atoms with Crippen LogP contribution in [-0.2, 0) is 11.2 Å². The summed E-state index contributed by atoms with van der Waals surface area (Å²) in [6, 6.07) is 17.2. The van der Waals surface area contributed by atoms with E-state index in [0.717, 1.165) is 75.4 Å². The number of carbonyl (C=O) groups excluding carboxylic acids is 1. The molecule has 1 fully saturated rings. The molecule has 0 spiro atoms. The molecule has 3 rings (SSSR count). The highest BCUT2D eigenvalue weighted by atomic mass is 16.1. The second-order valence-corrected chi connectivity index (χ2v) is 9.14. The lowest BCUT2D eigenvalue weighted by Gasteiger charge is -2.34. The van der Waals surface area contributed by atoms with Gasteiger partial charge >= 0.3 is 0 Å². The Labute approximate surface area is 200 Å². The number of amides is 1. The summed E-state index contributed by atoms with van der Waals surface area (Å²) in [5.74, 6) is 0.887. The van der Waals surface area contributed by atoms with Crippen LogP contribution in [0.5, 0.6) is 0 Å². The summed E-state index contributed by atoms with van der Waals surface area (Å²) in [7, 11) is 2.19. The summed E-state index contributed by atoms with van der Waals surface area (Å²) in [5.41, 5.74) is 4.69. The molecule has 33 heavy (non-hydrogen) atoms. The van der Waals surface area contributed by atoms with E-state index in [1.165, 1.54) is 11.1 Å². The minimum absolute atomic E-state index is 0.148. The van der Waals surface area contributed by atoms with Gasteiger partial charge in [0.2, 0.25) is 6.41 Å². The lowest BCUT2D eigenvalue weighted by molar-refractivity contribution is -0.114. The predicted octanol–water partition coefficient (Wildman–Crippen LogP) is 4.90. The molecule has 0 radical (unpaired) electrons. The molecule has 2 aromatic rings. The number of aliphatic imine (C=N–C) groups is 1. The minimum atomic E-state index is 0.148. The van der Waals surface area contributed by atoms with Crippen LogP contribution in [0.15, 0.2) is 53.5 Å². The third-order valence-electron chi connectivity index (χ3n) is 6.56. The smallest absolute Gasteiger partial charge is 0.215 e. The molecule has 1 saturated heterocycles. The second-order valence-electron chi connectivity index (χ2n) is 9.14. The first-order chi connectivity index (χ1) is 16.0. The zero-order valence-electron chi connectivity index (χ0n) is 20.8. The van der Waals surface area contributed by atoms with Crippen molar-refractivity contribution in [3.63, 3.8) is 0 Å². The van der Waals surface area contributed by atoms with Gasteiger partial charge in [0.25, 0.3) is 0 Å². The summed E-state index contributed by atoms with van der Waals surface area (Å²) < 4.78 is 0. The van der Waals surface area contributed by atoms with Gasteiger partial charge in [0.15, 0.2) is 0 Å². The lowest BCUT2D eigenvalue weighted by atomic mass is 10.0. The van der Waals surface area contributed by atoms with Crippen molar-refractivity contribution in [1.29, 1.82) is 0 Å². The SMILES string of the molecule is CCCC(/C(=N/c1ccc(Cc2ccccc2)cc1C)N(C=O)CC)N1CCCN(C)CC1. The fourth-order valence-electron chi connectivity index (χ4n) is 4.66. The van der Waals surface area contributed by atoms with E-state index in [2.05, 4.69) is 79.2 Å². The average molecular weight is 449 g/mol. The zero-order chi connectivity index (χ0) is 23.6. The van der Waals surface area contributed by atoms with Crippen molar-refractivity contribution in [2.75, 3.05) is 39.8 Å². The molecule has 5 heteroatoms. The Morgan fingerprint density at radius 3 is 2.52 bits per heavy atom. The number of hydrogen-bond acceptors (Lipinski definition) is 4. The van der Waals surface area contributed by atoms with Gasteiger partial charge < -0.3 is 9.80 Å². The fraction of sp³-hybridized carbons (Fsp3) is 0.500. The van der Waals surface area contributed by atoms with Crippen molar-refractivity contribution in [3.05, 3.63) is 65.2 Å². The van der Waals surface area contributed by atoms with Crippen molar-refractivity contribution >= 4 is 17.9 Å². The topological polar surface area (TPSA) is 39.2 Å². The fourth-order valence-corrected chi connectivity index (χ4v) is 4.66. The minimum Gasteiger partial charge on any atom is -0.305 e. The Hall–Kier alpha value is -2.50. The first-order valence-corrected chi connectivity index (χ1v) is 12.4. The van der Waals surface area contributed by atoms with Crippen LogP contribution in [-0.4, -0.2) is 72.8 Å². The molecule has 1 heterocycles. The van der Waals surface area contributed by atoms with Crippen molar-refractivity contribution < 1.29 is 4.79 Å². The summed E-state index contributed by atoms with van der Waals surface area (Å²) in [6.45, 7) is 11.2. The summed E-state index contributed by atoms with van der Waals surface area (Å²) >= 11 is 0. The molecule has 1 unspecified atom stereocenters. The molecule has 1 atom stereocenters. The Morgan fingerprint density at radius 2 is 1.85 bits per heavy atom. The van der Waals surface area contributed by atoms with Crippen molar-refractivity contribution in [2.24, 2.45) is 4.99 Å². The molecule has 1 aliphatic rings. The highest BCUT2D eigenvalue weighted by molar-refractivity contribution is 5.96.